The number of hydrogen-bond acceptors (Lipinski definition) is 2. The molecule has 2 nitrogen and oxygen atoms in total. The molecular weight excluding hydrogens is 335 g/mol. The minimum atomic E-state index is 0.540. The number of hydrogen-bond donors (Lipinski definition) is 0. The van der Waals surface area contributed by atoms with Crippen LogP contribution in [0.5, 0.6) is 0 Å². The van der Waals surface area contributed by atoms with Crippen molar-refractivity contribution < 1.29 is 0 Å². The van der Waals surface area contributed by atoms with Crippen LogP contribution >= 0.6 is 22.9 Å². The maximum Gasteiger partial charge on any atom is 0.0574 e. The Balaban J connectivity index is 2.28. The summed E-state index contributed by atoms with van der Waals surface area (Å²) >= 11 is 2.50. The first-order chi connectivity index (χ1) is 8.63. The van der Waals surface area contributed by atoms with E-state index in [9.17, 15) is 0 Å². The van der Waals surface area contributed by atoms with Crippen LogP contribution in [0.4, 0.5) is 0 Å². The van der Waals surface area contributed by atoms with Crippen molar-refractivity contribution in [3.63, 3.8) is 0 Å². The first-order valence-electron chi connectivity index (χ1n) is 6.87. The van der Waals surface area contributed by atoms with Gasteiger partial charge >= 0.3 is 0 Å². The van der Waals surface area contributed by atoms with Gasteiger partial charge in [-0.05, 0) is 23.6 Å². The van der Waals surface area contributed by atoms with Gasteiger partial charge in [0.15, 0.2) is 0 Å². The van der Waals surface area contributed by atoms with Crippen molar-refractivity contribution in [3.8, 4) is 0 Å². The van der Waals surface area contributed by atoms with Gasteiger partial charge in [-0.3, -0.25) is 0 Å². The summed E-state index contributed by atoms with van der Waals surface area (Å²) in [5.74, 6) is 0.600. The van der Waals surface area contributed by atoms with Gasteiger partial charge in [0.05, 0.1) is 6.04 Å². The van der Waals surface area contributed by atoms with E-state index in [0.29, 0.717) is 12.0 Å². The van der Waals surface area contributed by atoms with Gasteiger partial charge in [0.1, 0.15) is 0 Å². The van der Waals surface area contributed by atoms with Crippen LogP contribution < -0.4 is 0 Å². The molecular formula is C15H23IN2. The van der Waals surface area contributed by atoms with E-state index in [0.717, 1.165) is 19.6 Å². The predicted octanol–water partition coefficient (Wildman–Crippen LogP) is 3.84. The van der Waals surface area contributed by atoms with E-state index in [-0.39, 0.29) is 0 Å². The molecule has 1 aromatic rings. The van der Waals surface area contributed by atoms with Crippen LogP contribution in [0, 0.1) is 0 Å². The van der Waals surface area contributed by atoms with Crippen molar-refractivity contribution in [2.45, 2.75) is 32.7 Å². The highest BCUT2D eigenvalue weighted by Crippen LogP contribution is 2.33. The second kappa shape index (κ2) is 6.35. The number of benzene rings is 1. The quantitative estimate of drug-likeness (QED) is 0.599. The molecule has 1 aliphatic heterocycles. The van der Waals surface area contributed by atoms with Gasteiger partial charge < -0.3 is 4.90 Å². The van der Waals surface area contributed by atoms with Crippen LogP contribution in [-0.2, 0) is 0 Å². The third kappa shape index (κ3) is 3.06. The zero-order chi connectivity index (χ0) is 13.1. The standard InChI is InChI=1S/C15H23IN2/c1-4-17-9-10-18(16)15(11-17)14-8-6-5-7-13(14)12(2)3/h5-8,12,15H,4,9-11H2,1-3H3. The third-order valence-electron chi connectivity index (χ3n) is 3.82. The van der Waals surface area contributed by atoms with Crippen LogP contribution in [0.2, 0.25) is 0 Å². The average Bonchev–Trinajstić information content (AvgIpc) is 2.39. The maximum atomic E-state index is 2.55. The van der Waals surface area contributed by atoms with Crippen molar-refractivity contribution in [2.24, 2.45) is 0 Å². The van der Waals surface area contributed by atoms with Crippen LogP contribution in [-0.4, -0.2) is 34.2 Å². The van der Waals surface area contributed by atoms with Crippen LogP contribution in [0.15, 0.2) is 24.3 Å². The van der Waals surface area contributed by atoms with E-state index in [4.69, 9.17) is 0 Å². The molecule has 0 N–H and O–H groups in total. The van der Waals surface area contributed by atoms with Gasteiger partial charge in [-0.1, -0.05) is 45.0 Å². The molecule has 0 radical (unpaired) electrons. The fourth-order valence-corrected chi connectivity index (χ4v) is 3.39. The lowest BCUT2D eigenvalue weighted by Crippen LogP contribution is -2.44. The lowest BCUT2D eigenvalue weighted by molar-refractivity contribution is 0.161. The van der Waals surface area contributed by atoms with E-state index >= 15 is 0 Å². The van der Waals surface area contributed by atoms with Gasteiger partial charge in [-0.2, -0.15) is 0 Å². The van der Waals surface area contributed by atoms with E-state index < -0.39 is 0 Å². The Kier molecular flexibility index (Phi) is 5.04. The summed E-state index contributed by atoms with van der Waals surface area (Å²) in [4.78, 5) is 2.55. The number of halogens is 1. The lowest BCUT2D eigenvalue weighted by atomic mass is 9.92. The third-order valence-corrected chi connectivity index (χ3v) is 4.98. The van der Waals surface area contributed by atoms with Crippen molar-refractivity contribution in [1.29, 1.82) is 0 Å². The molecule has 1 heterocycles. The highest BCUT2D eigenvalue weighted by molar-refractivity contribution is 14.1. The molecule has 1 aromatic carbocycles. The molecule has 0 bridgehead atoms. The van der Waals surface area contributed by atoms with Crippen molar-refractivity contribution in [1.82, 2.24) is 8.01 Å². The Hall–Kier alpha value is -0.130. The number of likely N-dealkylation sites (N-methyl/N-ethyl adjacent to an activating group) is 1. The van der Waals surface area contributed by atoms with Crippen molar-refractivity contribution in [2.75, 3.05) is 26.2 Å². The molecule has 1 unspecified atom stereocenters. The molecule has 0 saturated carbocycles. The molecule has 100 valence electrons. The second-order valence-corrected chi connectivity index (χ2v) is 6.56. The van der Waals surface area contributed by atoms with Crippen LogP contribution in [0.1, 0.15) is 43.9 Å². The van der Waals surface area contributed by atoms with Crippen molar-refractivity contribution >= 4 is 22.9 Å². The summed E-state index contributed by atoms with van der Waals surface area (Å²) in [6.07, 6.45) is 0. The molecule has 1 aliphatic rings. The SMILES string of the molecule is CCN1CCN(I)C(c2ccccc2C(C)C)C1. The minimum Gasteiger partial charge on any atom is -0.300 e. The number of rotatable bonds is 3. The van der Waals surface area contributed by atoms with E-state index in [1.54, 1.807) is 0 Å². The monoisotopic (exact) mass is 358 g/mol. The molecule has 2 rings (SSSR count). The maximum absolute atomic E-state index is 2.55. The Bertz CT molecular complexity index is 392. The fraction of sp³-hybridized carbons (Fsp3) is 0.600. The van der Waals surface area contributed by atoms with Gasteiger partial charge in [0.25, 0.3) is 0 Å². The summed E-state index contributed by atoms with van der Waals surface area (Å²) in [5.41, 5.74) is 3.02. The average molecular weight is 358 g/mol. The number of piperazine rings is 1. The van der Waals surface area contributed by atoms with E-state index in [1.165, 1.54) is 17.7 Å². The largest absolute Gasteiger partial charge is 0.300 e. The number of nitrogens with zero attached hydrogens (tertiary/aromatic N) is 2. The second-order valence-electron chi connectivity index (χ2n) is 5.32. The molecule has 3 heteroatoms. The van der Waals surface area contributed by atoms with Crippen LogP contribution in [0.25, 0.3) is 0 Å². The summed E-state index contributed by atoms with van der Waals surface area (Å²) in [6, 6.07) is 9.48. The Labute approximate surface area is 125 Å². The molecule has 1 fully saturated rings. The topological polar surface area (TPSA) is 6.48 Å². The summed E-state index contributed by atoms with van der Waals surface area (Å²) in [6.45, 7) is 11.5. The Morgan fingerprint density at radius 3 is 2.67 bits per heavy atom. The predicted molar refractivity (Wildman–Crippen MR) is 86.1 cm³/mol. The first kappa shape index (κ1) is 14.3. The zero-order valence-electron chi connectivity index (χ0n) is 11.6. The molecule has 0 amide bonds. The summed E-state index contributed by atoms with van der Waals surface area (Å²) in [7, 11) is 0. The highest BCUT2D eigenvalue weighted by Gasteiger charge is 2.27. The lowest BCUT2D eigenvalue weighted by Gasteiger charge is -2.39. The first-order valence-corrected chi connectivity index (χ1v) is 7.83. The molecule has 18 heavy (non-hydrogen) atoms. The van der Waals surface area contributed by atoms with Gasteiger partial charge in [0.2, 0.25) is 0 Å². The molecule has 0 aliphatic carbocycles. The van der Waals surface area contributed by atoms with Crippen molar-refractivity contribution in [3.05, 3.63) is 35.4 Å². The molecule has 1 saturated heterocycles. The Morgan fingerprint density at radius 1 is 1.28 bits per heavy atom. The minimum absolute atomic E-state index is 0.540. The Morgan fingerprint density at radius 2 is 2.00 bits per heavy atom. The normalized spacial score (nSPS) is 22.6. The molecule has 1 atom stereocenters. The summed E-state index contributed by atoms with van der Waals surface area (Å²) < 4.78 is 2.48. The fourth-order valence-electron chi connectivity index (χ4n) is 2.69. The smallest absolute Gasteiger partial charge is 0.0574 e. The van der Waals surface area contributed by atoms with Gasteiger partial charge in [-0.25, -0.2) is 3.11 Å². The van der Waals surface area contributed by atoms with E-state index in [2.05, 4.69) is 75.9 Å². The van der Waals surface area contributed by atoms with Crippen LogP contribution in [0.3, 0.4) is 0 Å². The van der Waals surface area contributed by atoms with Gasteiger partial charge in [0, 0.05) is 42.5 Å². The highest BCUT2D eigenvalue weighted by atomic mass is 127. The zero-order valence-corrected chi connectivity index (χ0v) is 13.7. The van der Waals surface area contributed by atoms with Gasteiger partial charge in [-0.15, -0.1) is 0 Å². The molecule has 0 aromatic heterocycles. The van der Waals surface area contributed by atoms with E-state index in [1.807, 2.05) is 0 Å². The summed E-state index contributed by atoms with van der Waals surface area (Å²) in [5, 5.41) is 0. The molecule has 0 spiro atoms.